The van der Waals surface area contributed by atoms with Crippen LogP contribution in [0.5, 0.6) is 0 Å². The second-order valence-corrected chi connectivity index (χ2v) is 7.89. The van der Waals surface area contributed by atoms with Crippen LogP contribution in [-0.2, 0) is 23.2 Å². The van der Waals surface area contributed by atoms with Gasteiger partial charge in [-0.25, -0.2) is 8.78 Å². The van der Waals surface area contributed by atoms with Crippen LogP contribution in [0.1, 0.15) is 35.4 Å². The molecule has 1 aliphatic carbocycles. The van der Waals surface area contributed by atoms with Crippen molar-refractivity contribution >= 4 is 5.78 Å². The van der Waals surface area contributed by atoms with Crippen LogP contribution in [0.15, 0.2) is 54.9 Å². The van der Waals surface area contributed by atoms with Crippen molar-refractivity contribution in [1.29, 1.82) is 0 Å². The van der Waals surface area contributed by atoms with Gasteiger partial charge in [0.25, 0.3) is 0 Å². The zero-order chi connectivity index (χ0) is 21.3. The van der Waals surface area contributed by atoms with Gasteiger partial charge in [0.1, 0.15) is 17.8 Å². The van der Waals surface area contributed by atoms with E-state index in [1.807, 2.05) is 19.1 Å². The number of alkyl halides is 1. The molecule has 0 aliphatic heterocycles. The highest BCUT2D eigenvalue weighted by Gasteiger charge is 2.52. The zero-order valence-electron chi connectivity index (χ0n) is 16.6. The summed E-state index contributed by atoms with van der Waals surface area (Å²) in [6.45, 7) is 1.73. The number of benzene rings is 1. The molecule has 4 rings (SSSR count). The number of halogens is 2. The van der Waals surface area contributed by atoms with Crippen LogP contribution < -0.4 is 0 Å². The molecule has 4 nitrogen and oxygen atoms in total. The molecule has 1 saturated carbocycles. The van der Waals surface area contributed by atoms with Gasteiger partial charge < -0.3 is 5.11 Å². The van der Waals surface area contributed by atoms with Crippen molar-refractivity contribution in [1.82, 2.24) is 9.97 Å². The molecule has 0 atom stereocenters. The van der Waals surface area contributed by atoms with Gasteiger partial charge in [-0.15, -0.1) is 0 Å². The van der Waals surface area contributed by atoms with Crippen LogP contribution in [0, 0.1) is 12.7 Å². The lowest BCUT2D eigenvalue weighted by Crippen LogP contribution is -2.50. The van der Waals surface area contributed by atoms with Crippen molar-refractivity contribution < 1.29 is 18.7 Å². The topological polar surface area (TPSA) is 63.1 Å². The summed E-state index contributed by atoms with van der Waals surface area (Å²) in [5.41, 5.74) is 3.36. The Morgan fingerprint density at radius 1 is 1.13 bits per heavy atom. The molecular formula is C24H22F2N2O2. The Morgan fingerprint density at radius 2 is 1.87 bits per heavy atom. The van der Waals surface area contributed by atoms with Crippen LogP contribution in [-0.4, -0.2) is 27.0 Å². The number of pyridine rings is 2. The van der Waals surface area contributed by atoms with E-state index in [0.717, 1.165) is 22.4 Å². The van der Waals surface area contributed by atoms with E-state index in [9.17, 15) is 18.7 Å². The van der Waals surface area contributed by atoms with E-state index in [1.54, 1.807) is 30.6 Å². The van der Waals surface area contributed by atoms with Crippen LogP contribution in [0.25, 0.3) is 11.1 Å². The Hall–Kier alpha value is -2.99. The van der Waals surface area contributed by atoms with Crippen molar-refractivity contribution in [2.45, 2.75) is 44.4 Å². The van der Waals surface area contributed by atoms with Crippen LogP contribution >= 0.6 is 0 Å². The number of carbonyl (C=O) groups excluding carboxylic acids is 1. The fraction of sp³-hybridized carbons (Fsp3) is 0.292. The second kappa shape index (κ2) is 8.03. The average molecular weight is 408 g/mol. The largest absolute Gasteiger partial charge is 0.392 e. The summed E-state index contributed by atoms with van der Waals surface area (Å²) in [7, 11) is 0. The Balaban J connectivity index is 1.62. The Morgan fingerprint density at radius 3 is 2.47 bits per heavy atom. The summed E-state index contributed by atoms with van der Waals surface area (Å²) >= 11 is 0. The van der Waals surface area contributed by atoms with Crippen molar-refractivity contribution in [2.24, 2.45) is 0 Å². The standard InChI is InChI=1S/C24H22F2N2O2/c1-15-8-18(14-29)21(13-27-15)17-4-7-22(28-12-17)24(10-20(26)11-24)23(30)9-16-2-5-19(25)6-3-16/h2-8,12-13,20,29H,9-11,14H2,1H3. The smallest absolute Gasteiger partial charge is 0.149 e. The molecule has 1 aliphatic rings. The summed E-state index contributed by atoms with van der Waals surface area (Å²) in [6.07, 6.45) is 2.60. The lowest BCUT2D eigenvalue weighted by Gasteiger charge is -2.42. The second-order valence-electron chi connectivity index (χ2n) is 7.89. The molecule has 0 saturated heterocycles. The van der Waals surface area contributed by atoms with Gasteiger partial charge in [0.15, 0.2) is 0 Å². The predicted molar refractivity (Wildman–Crippen MR) is 109 cm³/mol. The molecule has 154 valence electrons. The van der Waals surface area contributed by atoms with Crippen molar-refractivity contribution in [3.05, 3.63) is 83.2 Å². The number of hydrogen-bond acceptors (Lipinski definition) is 4. The monoisotopic (exact) mass is 408 g/mol. The number of aromatic nitrogens is 2. The first-order valence-corrected chi connectivity index (χ1v) is 9.86. The van der Waals surface area contributed by atoms with Gasteiger partial charge in [0.2, 0.25) is 0 Å². The molecule has 2 aromatic heterocycles. The summed E-state index contributed by atoms with van der Waals surface area (Å²) in [4.78, 5) is 21.9. The molecule has 2 heterocycles. The number of Topliss-reactive ketones (excluding diaryl/α,β-unsaturated/α-hetero) is 1. The average Bonchev–Trinajstić information content (AvgIpc) is 2.73. The van der Waals surface area contributed by atoms with Crippen LogP contribution in [0.3, 0.4) is 0 Å². The van der Waals surface area contributed by atoms with E-state index in [2.05, 4.69) is 9.97 Å². The van der Waals surface area contributed by atoms with Crippen LogP contribution in [0.4, 0.5) is 8.78 Å². The molecule has 1 fully saturated rings. The lowest BCUT2D eigenvalue weighted by molar-refractivity contribution is -0.130. The first kappa shape index (κ1) is 20.3. The molecule has 0 spiro atoms. The van der Waals surface area contributed by atoms with Gasteiger partial charge in [0.05, 0.1) is 17.7 Å². The van der Waals surface area contributed by atoms with E-state index < -0.39 is 11.6 Å². The number of rotatable bonds is 6. The third-order valence-corrected chi connectivity index (χ3v) is 5.81. The molecule has 1 N–H and O–H groups in total. The maximum absolute atomic E-state index is 13.9. The molecule has 0 amide bonds. The number of aliphatic hydroxyl groups is 1. The van der Waals surface area contributed by atoms with E-state index in [-0.39, 0.29) is 37.5 Å². The quantitative estimate of drug-likeness (QED) is 0.662. The minimum atomic E-state index is -1.04. The summed E-state index contributed by atoms with van der Waals surface area (Å²) in [5.74, 6) is -0.477. The molecular weight excluding hydrogens is 386 g/mol. The first-order chi connectivity index (χ1) is 14.4. The summed E-state index contributed by atoms with van der Waals surface area (Å²) < 4.78 is 27.0. The number of aliphatic hydroxyl groups excluding tert-OH is 1. The first-order valence-electron chi connectivity index (χ1n) is 9.86. The minimum Gasteiger partial charge on any atom is -0.392 e. The van der Waals surface area contributed by atoms with E-state index in [1.165, 1.54) is 12.1 Å². The Bertz CT molecular complexity index is 1060. The van der Waals surface area contributed by atoms with Gasteiger partial charge in [-0.3, -0.25) is 14.8 Å². The third kappa shape index (κ3) is 3.75. The molecule has 30 heavy (non-hydrogen) atoms. The fourth-order valence-corrected chi connectivity index (χ4v) is 4.08. The van der Waals surface area contributed by atoms with Crippen molar-refractivity contribution in [3.63, 3.8) is 0 Å². The van der Waals surface area contributed by atoms with E-state index in [0.29, 0.717) is 11.3 Å². The molecule has 3 aromatic rings. The summed E-state index contributed by atoms with van der Waals surface area (Å²) in [5, 5.41) is 9.64. The fourth-order valence-electron chi connectivity index (χ4n) is 4.08. The van der Waals surface area contributed by atoms with Crippen molar-refractivity contribution in [2.75, 3.05) is 0 Å². The van der Waals surface area contributed by atoms with Gasteiger partial charge in [-0.05, 0) is 55.2 Å². The summed E-state index contributed by atoms with van der Waals surface area (Å²) in [6, 6.07) is 11.2. The number of aryl methyl sites for hydroxylation is 1. The Kier molecular flexibility index (Phi) is 5.43. The normalized spacial score (nSPS) is 20.6. The maximum Gasteiger partial charge on any atom is 0.149 e. The molecule has 0 radical (unpaired) electrons. The molecule has 0 unspecified atom stereocenters. The third-order valence-electron chi connectivity index (χ3n) is 5.81. The molecule has 6 heteroatoms. The highest BCUT2D eigenvalue weighted by molar-refractivity contribution is 5.92. The number of ketones is 1. The molecule has 1 aromatic carbocycles. The maximum atomic E-state index is 13.9. The van der Waals surface area contributed by atoms with Gasteiger partial charge in [-0.1, -0.05) is 18.2 Å². The highest BCUT2D eigenvalue weighted by atomic mass is 19.1. The van der Waals surface area contributed by atoms with E-state index >= 15 is 0 Å². The van der Waals surface area contributed by atoms with Gasteiger partial charge in [0, 0.05) is 35.6 Å². The van der Waals surface area contributed by atoms with E-state index in [4.69, 9.17) is 0 Å². The molecule has 0 bridgehead atoms. The van der Waals surface area contributed by atoms with Crippen molar-refractivity contribution in [3.8, 4) is 11.1 Å². The van der Waals surface area contributed by atoms with Crippen LogP contribution in [0.2, 0.25) is 0 Å². The highest BCUT2D eigenvalue weighted by Crippen LogP contribution is 2.46. The van der Waals surface area contributed by atoms with Gasteiger partial charge >= 0.3 is 0 Å². The SMILES string of the molecule is Cc1cc(CO)c(-c2ccc(C3(C(=O)Cc4ccc(F)cc4)CC(F)C3)nc2)cn1. The Labute approximate surface area is 173 Å². The van der Waals surface area contributed by atoms with Gasteiger partial charge in [-0.2, -0.15) is 0 Å². The predicted octanol–water partition coefficient (Wildman–Crippen LogP) is 4.26. The number of nitrogens with zero attached hydrogens (tertiary/aromatic N) is 2. The zero-order valence-corrected chi connectivity index (χ0v) is 16.6. The number of hydrogen-bond donors (Lipinski definition) is 1. The number of carbonyl (C=O) groups is 1. The lowest BCUT2D eigenvalue weighted by atomic mass is 9.61. The minimum absolute atomic E-state index is 0.104.